The molecule has 0 saturated heterocycles. The molecule has 0 aliphatic rings. The monoisotopic (exact) mass is 324 g/mol. The Kier molecular flexibility index (Phi) is 4.22. The van der Waals surface area contributed by atoms with Gasteiger partial charge in [-0.1, -0.05) is 0 Å². The summed E-state index contributed by atoms with van der Waals surface area (Å²) in [5.74, 6) is -0.476. The first kappa shape index (κ1) is 15.0. The summed E-state index contributed by atoms with van der Waals surface area (Å²) in [6.45, 7) is 0. The minimum atomic E-state index is -0.926. The Morgan fingerprint density at radius 1 is 1.35 bits per heavy atom. The van der Waals surface area contributed by atoms with Crippen molar-refractivity contribution in [2.75, 3.05) is 7.11 Å². The summed E-state index contributed by atoms with van der Waals surface area (Å²) >= 11 is 1.30. The summed E-state index contributed by atoms with van der Waals surface area (Å²) in [6.07, 6.45) is 2.75. The van der Waals surface area contributed by atoms with Gasteiger partial charge in [0.05, 0.1) is 30.7 Å². The smallest absolute Gasteiger partial charge is 0.190 e. The van der Waals surface area contributed by atoms with Gasteiger partial charge in [0.1, 0.15) is 17.0 Å². The first-order valence-electron chi connectivity index (χ1n) is 6.79. The van der Waals surface area contributed by atoms with Gasteiger partial charge in [-0.15, -0.1) is 11.3 Å². The third kappa shape index (κ3) is 3.00. The molecule has 1 unspecified atom stereocenters. The largest absolute Gasteiger partial charge is 0.497 e. The van der Waals surface area contributed by atoms with E-state index < -0.39 is 5.92 Å². The number of thiazole rings is 1. The Morgan fingerprint density at radius 3 is 2.74 bits per heavy atom. The third-order valence-corrected chi connectivity index (χ3v) is 4.26. The molecule has 1 atom stereocenters. The molecule has 0 N–H and O–H groups in total. The van der Waals surface area contributed by atoms with Gasteiger partial charge < -0.3 is 9.15 Å². The maximum atomic E-state index is 12.3. The predicted octanol–water partition coefficient (Wildman–Crippen LogP) is 3.90. The maximum Gasteiger partial charge on any atom is 0.190 e. The number of hydrogen-bond donors (Lipinski definition) is 0. The third-order valence-electron chi connectivity index (χ3n) is 3.35. The normalized spacial score (nSPS) is 11.7. The minimum Gasteiger partial charge on any atom is -0.497 e. The molecule has 0 radical (unpaired) electrons. The fourth-order valence-corrected chi connectivity index (χ4v) is 2.98. The van der Waals surface area contributed by atoms with Gasteiger partial charge >= 0.3 is 0 Å². The van der Waals surface area contributed by atoms with Crippen LogP contribution in [0.3, 0.4) is 0 Å². The van der Waals surface area contributed by atoms with E-state index in [1.165, 1.54) is 23.9 Å². The van der Waals surface area contributed by atoms with Crippen molar-refractivity contribution >= 4 is 17.1 Å². The summed E-state index contributed by atoms with van der Waals surface area (Å²) in [5, 5.41) is 11.7. The zero-order valence-electron chi connectivity index (χ0n) is 12.2. The Labute approximate surface area is 136 Å². The van der Waals surface area contributed by atoms with Crippen LogP contribution in [0.15, 0.2) is 52.7 Å². The van der Waals surface area contributed by atoms with Crippen LogP contribution in [0, 0.1) is 11.3 Å². The molecule has 0 fully saturated rings. The number of aromatic nitrogens is 1. The van der Waals surface area contributed by atoms with Gasteiger partial charge in [-0.2, -0.15) is 5.26 Å². The molecule has 0 bridgehead atoms. The molecule has 1 aromatic carbocycles. The van der Waals surface area contributed by atoms with E-state index in [9.17, 15) is 10.1 Å². The van der Waals surface area contributed by atoms with Crippen molar-refractivity contribution in [2.24, 2.45) is 0 Å². The van der Waals surface area contributed by atoms with Crippen LogP contribution >= 0.6 is 11.3 Å². The van der Waals surface area contributed by atoms with Crippen molar-refractivity contribution in [3.63, 3.8) is 0 Å². The maximum absolute atomic E-state index is 12.3. The average molecular weight is 324 g/mol. The molecule has 0 saturated carbocycles. The van der Waals surface area contributed by atoms with E-state index in [4.69, 9.17) is 9.15 Å². The van der Waals surface area contributed by atoms with Crippen LogP contribution in [0.1, 0.15) is 21.3 Å². The number of Topliss-reactive ketones (excluding diaryl/α,β-unsaturated/α-hetero) is 1. The Bertz CT molecular complexity index is 845. The molecule has 0 amide bonds. The molecule has 2 heterocycles. The molecule has 23 heavy (non-hydrogen) atoms. The Balaban J connectivity index is 1.87. The average Bonchev–Trinajstić information content (AvgIpc) is 3.27. The highest BCUT2D eigenvalue weighted by Crippen LogP contribution is 2.29. The van der Waals surface area contributed by atoms with Gasteiger partial charge in [-0.25, -0.2) is 4.98 Å². The second-order valence-corrected chi connectivity index (χ2v) is 5.63. The molecule has 0 aliphatic heterocycles. The summed E-state index contributed by atoms with van der Waals surface area (Å²) in [5.41, 5.74) is 2.01. The van der Waals surface area contributed by atoms with Gasteiger partial charge in [0, 0.05) is 10.9 Å². The van der Waals surface area contributed by atoms with Crippen LogP contribution in [0.4, 0.5) is 0 Å². The highest BCUT2D eigenvalue weighted by atomic mass is 32.1. The van der Waals surface area contributed by atoms with Crippen molar-refractivity contribution in [1.29, 1.82) is 5.26 Å². The minimum absolute atomic E-state index is 0.308. The van der Waals surface area contributed by atoms with Crippen LogP contribution in [0.25, 0.3) is 11.3 Å². The number of benzene rings is 1. The molecule has 3 aromatic rings. The summed E-state index contributed by atoms with van der Waals surface area (Å²) in [6, 6.07) is 11.0. The van der Waals surface area contributed by atoms with Crippen LogP contribution in [-0.2, 0) is 0 Å². The lowest BCUT2D eigenvalue weighted by molar-refractivity contribution is 0.0978. The number of carbonyl (C=O) groups excluding carboxylic acids is 1. The molecule has 114 valence electrons. The van der Waals surface area contributed by atoms with Crippen LogP contribution < -0.4 is 4.74 Å². The second kappa shape index (κ2) is 6.46. The number of hydrogen-bond acceptors (Lipinski definition) is 6. The molecule has 3 rings (SSSR count). The molecule has 2 aromatic heterocycles. The summed E-state index contributed by atoms with van der Waals surface area (Å²) in [4.78, 5) is 16.8. The van der Waals surface area contributed by atoms with E-state index >= 15 is 0 Å². The highest BCUT2D eigenvalue weighted by Gasteiger charge is 2.25. The number of nitriles is 1. The molecular weight excluding hydrogens is 312 g/mol. The van der Waals surface area contributed by atoms with E-state index in [0.717, 1.165) is 17.0 Å². The standard InChI is InChI=1S/C17H12N2O3S/c1-21-13-4-2-11(3-5-13)15-10-23-17(19-15)14(8-18)16(20)12-6-7-22-9-12/h2-7,9-10,14H,1H3. The highest BCUT2D eigenvalue weighted by molar-refractivity contribution is 7.10. The number of nitrogens with zero attached hydrogens (tertiary/aromatic N) is 2. The fourth-order valence-electron chi connectivity index (χ4n) is 2.11. The van der Waals surface area contributed by atoms with Crippen molar-refractivity contribution in [1.82, 2.24) is 4.98 Å². The van der Waals surface area contributed by atoms with Crippen molar-refractivity contribution < 1.29 is 13.9 Å². The van der Waals surface area contributed by atoms with Crippen LogP contribution in [0.2, 0.25) is 0 Å². The van der Waals surface area contributed by atoms with Gasteiger partial charge in [-0.3, -0.25) is 4.79 Å². The topological polar surface area (TPSA) is 76.1 Å². The van der Waals surface area contributed by atoms with Crippen molar-refractivity contribution in [3.05, 3.63) is 58.8 Å². The summed E-state index contributed by atoms with van der Waals surface area (Å²) in [7, 11) is 1.61. The van der Waals surface area contributed by atoms with E-state index in [1.807, 2.05) is 35.7 Å². The SMILES string of the molecule is COc1ccc(-c2csc(C(C#N)C(=O)c3ccoc3)n2)cc1. The number of ketones is 1. The van der Waals surface area contributed by atoms with E-state index in [0.29, 0.717) is 10.6 Å². The van der Waals surface area contributed by atoms with Crippen molar-refractivity contribution in [2.45, 2.75) is 5.92 Å². The zero-order chi connectivity index (χ0) is 16.2. The number of furan rings is 1. The van der Waals surface area contributed by atoms with Gasteiger partial charge in [0.25, 0.3) is 0 Å². The lowest BCUT2D eigenvalue weighted by atomic mass is 10.0. The van der Waals surface area contributed by atoms with Crippen LogP contribution in [0.5, 0.6) is 5.75 Å². The van der Waals surface area contributed by atoms with Gasteiger partial charge in [0.15, 0.2) is 11.7 Å². The second-order valence-electron chi connectivity index (χ2n) is 4.74. The van der Waals surface area contributed by atoms with E-state index in [2.05, 4.69) is 4.98 Å². The molecule has 0 aliphatic carbocycles. The summed E-state index contributed by atoms with van der Waals surface area (Å²) < 4.78 is 10.0. The first-order valence-corrected chi connectivity index (χ1v) is 7.66. The molecular formula is C17H12N2O3S. The molecule has 0 spiro atoms. The molecule has 5 nitrogen and oxygen atoms in total. The Morgan fingerprint density at radius 2 is 2.13 bits per heavy atom. The lowest BCUT2D eigenvalue weighted by Gasteiger charge is -2.03. The fraction of sp³-hybridized carbons (Fsp3) is 0.118. The quantitative estimate of drug-likeness (QED) is 0.665. The van der Waals surface area contributed by atoms with E-state index in [1.54, 1.807) is 13.2 Å². The number of rotatable bonds is 5. The van der Waals surface area contributed by atoms with Gasteiger partial charge in [0.2, 0.25) is 0 Å². The number of ether oxygens (including phenoxy) is 1. The number of carbonyl (C=O) groups is 1. The predicted molar refractivity (Wildman–Crippen MR) is 85.5 cm³/mol. The lowest BCUT2D eigenvalue weighted by Crippen LogP contribution is -2.10. The number of methoxy groups -OCH3 is 1. The van der Waals surface area contributed by atoms with Crippen molar-refractivity contribution in [3.8, 4) is 23.1 Å². The molecule has 6 heteroatoms. The van der Waals surface area contributed by atoms with Crippen LogP contribution in [-0.4, -0.2) is 17.9 Å². The Hall–Kier alpha value is -2.91. The zero-order valence-corrected chi connectivity index (χ0v) is 13.0. The van der Waals surface area contributed by atoms with Gasteiger partial charge in [-0.05, 0) is 30.3 Å². The van der Waals surface area contributed by atoms with E-state index in [-0.39, 0.29) is 5.78 Å². The first-order chi connectivity index (χ1) is 11.2.